The molecule has 0 saturated carbocycles. The quantitative estimate of drug-likeness (QED) is 0.276. The van der Waals surface area contributed by atoms with E-state index >= 15 is 0 Å². The van der Waals surface area contributed by atoms with E-state index in [2.05, 4.69) is 32.1 Å². The molecule has 40 heavy (non-hydrogen) atoms. The number of halogens is 1. The Balaban J connectivity index is 1.38. The van der Waals surface area contributed by atoms with Gasteiger partial charge in [-0.15, -0.1) is 0 Å². The summed E-state index contributed by atoms with van der Waals surface area (Å²) in [5, 5.41) is 11.5. The first-order chi connectivity index (χ1) is 19.1. The number of carbonyl (C=O) groups is 3. The van der Waals surface area contributed by atoms with E-state index in [4.69, 9.17) is 33.9 Å². The first kappa shape index (κ1) is 29.2. The molecule has 2 aliphatic heterocycles. The van der Waals surface area contributed by atoms with Gasteiger partial charge >= 0.3 is 0 Å². The van der Waals surface area contributed by atoms with Crippen molar-refractivity contribution in [3.63, 3.8) is 0 Å². The SMILES string of the molecule is CC[C@H]1CN(c2nc(N)c(C(=O)NCCO)nc2Cl)CCN1C1CCN(C(=O)c2ccc(C(N)=O)nc2N)CC1. The van der Waals surface area contributed by atoms with Crippen LogP contribution in [0.3, 0.4) is 0 Å². The normalized spacial score (nSPS) is 18.5. The lowest BCUT2D eigenvalue weighted by molar-refractivity contribution is 0.0491. The lowest BCUT2D eigenvalue weighted by atomic mass is 9.97. The lowest BCUT2D eigenvalue weighted by Crippen LogP contribution is -2.58. The number of primary amides is 1. The summed E-state index contributed by atoms with van der Waals surface area (Å²) in [4.78, 5) is 55.5. The highest BCUT2D eigenvalue weighted by Crippen LogP contribution is 2.30. The number of rotatable bonds is 8. The van der Waals surface area contributed by atoms with Gasteiger partial charge in [0, 0.05) is 51.4 Å². The van der Waals surface area contributed by atoms with Gasteiger partial charge in [-0.3, -0.25) is 19.3 Å². The van der Waals surface area contributed by atoms with Gasteiger partial charge in [-0.1, -0.05) is 18.5 Å². The highest BCUT2D eigenvalue weighted by atomic mass is 35.5. The largest absolute Gasteiger partial charge is 0.395 e. The van der Waals surface area contributed by atoms with Gasteiger partial charge in [-0.2, -0.15) is 0 Å². The Kier molecular flexibility index (Phi) is 9.22. The number of aromatic nitrogens is 3. The number of carbonyl (C=O) groups excluding carboxylic acids is 3. The van der Waals surface area contributed by atoms with Crippen molar-refractivity contribution in [2.45, 2.75) is 38.3 Å². The number of aliphatic hydroxyl groups is 1. The number of hydrogen-bond donors (Lipinski definition) is 5. The summed E-state index contributed by atoms with van der Waals surface area (Å²) >= 11 is 6.43. The molecule has 0 aromatic carbocycles. The minimum Gasteiger partial charge on any atom is -0.395 e. The first-order valence-corrected chi connectivity index (χ1v) is 13.6. The van der Waals surface area contributed by atoms with Crippen LogP contribution in [-0.2, 0) is 0 Å². The van der Waals surface area contributed by atoms with Crippen molar-refractivity contribution in [3.8, 4) is 0 Å². The maximum absolute atomic E-state index is 13.1. The second-order valence-electron chi connectivity index (χ2n) is 9.81. The Morgan fingerprint density at radius 1 is 1.07 bits per heavy atom. The summed E-state index contributed by atoms with van der Waals surface area (Å²) in [6.07, 6.45) is 2.51. The Bertz CT molecular complexity index is 1270. The van der Waals surface area contributed by atoms with Crippen LogP contribution in [-0.4, -0.2) is 106 Å². The van der Waals surface area contributed by atoms with Crippen molar-refractivity contribution in [3.05, 3.63) is 34.2 Å². The minimum atomic E-state index is -0.700. The molecule has 0 aliphatic carbocycles. The van der Waals surface area contributed by atoms with Gasteiger partial charge < -0.3 is 37.4 Å². The van der Waals surface area contributed by atoms with Gasteiger partial charge in [0.2, 0.25) is 0 Å². The maximum Gasteiger partial charge on any atom is 0.273 e. The van der Waals surface area contributed by atoms with Crippen molar-refractivity contribution >= 4 is 46.8 Å². The molecule has 2 aromatic heterocycles. The van der Waals surface area contributed by atoms with Gasteiger partial charge in [-0.25, -0.2) is 15.0 Å². The number of piperazine rings is 1. The average Bonchev–Trinajstić information content (AvgIpc) is 2.96. The number of pyridine rings is 1. The molecule has 3 amide bonds. The smallest absolute Gasteiger partial charge is 0.273 e. The summed E-state index contributed by atoms with van der Waals surface area (Å²) < 4.78 is 0. The molecule has 0 radical (unpaired) electrons. The molecule has 216 valence electrons. The number of anilines is 3. The molecule has 1 atom stereocenters. The Morgan fingerprint density at radius 3 is 2.42 bits per heavy atom. The molecule has 2 aromatic rings. The molecule has 8 N–H and O–H groups in total. The zero-order chi connectivity index (χ0) is 29.0. The number of hydrogen-bond acceptors (Lipinski definition) is 11. The van der Waals surface area contributed by atoms with Crippen molar-refractivity contribution in [1.82, 2.24) is 30.1 Å². The van der Waals surface area contributed by atoms with Crippen LogP contribution in [0.4, 0.5) is 17.5 Å². The predicted octanol–water partition coefficient (Wildman–Crippen LogP) is -0.284. The second-order valence-corrected chi connectivity index (χ2v) is 10.2. The van der Waals surface area contributed by atoms with E-state index in [1.165, 1.54) is 12.1 Å². The number of nitrogens with two attached hydrogens (primary N) is 3. The van der Waals surface area contributed by atoms with Crippen molar-refractivity contribution in [2.75, 3.05) is 62.2 Å². The van der Waals surface area contributed by atoms with Crippen LogP contribution >= 0.6 is 11.6 Å². The topological polar surface area (TPSA) is 210 Å². The zero-order valence-electron chi connectivity index (χ0n) is 22.3. The third-order valence-electron chi connectivity index (χ3n) is 7.40. The van der Waals surface area contributed by atoms with E-state index in [-0.39, 0.29) is 58.8 Å². The number of nitrogens with one attached hydrogen (secondary N) is 1. The number of nitrogen functional groups attached to an aromatic ring is 2. The predicted molar refractivity (Wildman–Crippen MR) is 150 cm³/mol. The van der Waals surface area contributed by atoms with Crippen molar-refractivity contribution < 1.29 is 19.5 Å². The molecule has 2 aliphatic rings. The summed E-state index contributed by atoms with van der Waals surface area (Å²) in [6, 6.07) is 3.42. The van der Waals surface area contributed by atoms with E-state index < -0.39 is 11.8 Å². The van der Waals surface area contributed by atoms with Gasteiger partial charge in [-0.05, 0) is 31.4 Å². The number of piperidine rings is 1. The highest BCUT2D eigenvalue weighted by molar-refractivity contribution is 6.32. The third-order valence-corrected chi connectivity index (χ3v) is 7.66. The van der Waals surface area contributed by atoms with Gasteiger partial charge in [0.05, 0.1) is 12.2 Å². The number of aliphatic hydroxyl groups excluding tert-OH is 1. The van der Waals surface area contributed by atoms with E-state index in [1.54, 1.807) is 4.90 Å². The molecule has 4 rings (SSSR count). The Morgan fingerprint density at radius 2 is 1.80 bits per heavy atom. The lowest BCUT2D eigenvalue weighted by Gasteiger charge is -2.47. The number of amides is 3. The van der Waals surface area contributed by atoms with Gasteiger partial charge in [0.1, 0.15) is 11.5 Å². The fraction of sp³-hybridized carbons (Fsp3) is 0.520. The van der Waals surface area contributed by atoms with E-state index in [1.807, 2.05) is 4.90 Å². The molecule has 14 nitrogen and oxygen atoms in total. The number of likely N-dealkylation sites (tertiary alicyclic amines) is 1. The minimum absolute atomic E-state index is 0.00758. The summed E-state index contributed by atoms with van der Waals surface area (Å²) in [7, 11) is 0. The van der Waals surface area contributed by atoms with Crippen LogP contribution in [0.15, 0.2) is 12.1 Å². The van der Waals surface area contributed by atoms with Gasteiger partial charge in [0.15, 0.2) is 22.5 Å². The second kappa shape index (κ2) is 12.6. The molecule has 4 heterocycles. The van der Waals surface area contributed by atoms with Crippen LogP contribution in [0.25, 0.3) is 0 Å². The van der Waals surface area contributed by atoms with Crippen LogP contribution in [0.2, 0.25) is 5.15 Å². The van der Waals surface area contributed by atoms with Crippen LogP contribution < -0.4 is 27.4 Å². The molecular formula is C25H35ClN10O4. The molecule has 15 heteroatoms. The average molecular weight is 575 g/mol. The Labute approximate surface area is 236 Å². The molecule has 0 bridgehead atoms. The van der Waals surface area contributed by atoms with Crippen LogP contribution in [0.1, 0.15) is 57.5 Å². The molecule has 2 saturated heterocycles. The molecular weight excluding hydrogens is 540 g/mol. The molecule has 0 unspecified atom stereocenters. The standard InChI is InChI=1S/C25H35ClN10O4/c1-2-14-13-35(23-19(26)32-18(21(28)33-23)24(39)30-7-12-37)10-11-36(14)15-5-8-34(9-6-15)25(40)16-3-4-17(22(29)38)31-20(16)27/h3-4,14-15,37H,2,5-13H2,1H3,(H2,27,31)(H2,28,33)(H2,29,38)(H,30,39)/t14-/m0/s1. The van der Waals surface area contributed by atoms with Crippen LogP contribution in [0.5, 0.6) is 0 Å². The summed E-state index contributed by atoms with van der Waals surface area (Å²) in [5.41, 5.74) is 17.4. The monoisotopic (exact) mass is 574 g/mol. The number of nitrogens with zero attached hydrogens (tertiary/aromatic N) is 6. The third kappa shape index (κ3) is 6.18. The fourth-order valence-corrected chi connectivity index (χ4v) is 5.56. The highest BCUT2D eigenvalue weighted by Gasteiger charge is 2.35. The van der Waals surface area contributed by atoms with Crippen molar-refractivity contribution in [1.29, 1.82) is 0 Å². The summed E-state index contributed by atoms with van der Waals surface area (Å²) in [6.45, 7) is 5.21. The maximum atomic E-state index is 13.1. The summed E-state index contributed by atoms with van der Waals surface area (Å²) in [5.74, 6) is -1.06. The molecule has 2 fully saturated rings. The first-order valence-electron chi connectivity index (χ1n) is 13.2. The molecule has 0 spiro atoms. The van der Waals surface area contributed by atoms with Gasteiger partial charge in [0.25, 0.3) is 17.7 Å². The van der Waals surface area contributed by atoms with E-state index in [0.717, 1.165) is 25.8 Å². The van der Waals surface area contributed by atoms with Crippen molar-refractivity contribution in [2.24, 2.45) is 5.73 Å². The van der Waals surface area contributed by atoms with Crippen LogP contribution in [0, 0.1) is 0 Å². The van der Waals surface area contributed by atoms with E-state index in [0.29, 0.717) is 38.0 Å². The Hall–Kier alpha value is -3.75. The zero-order valence-corrected chi connectivity index (χ0v) is 23.1. The van der Waals surface area contributed by atoms with E-state index in [9.17, 15) is 14.4 Å². The fourth-order valence-electron chi connectivity index (χ4n) is 5.31.